The van der Waals surface area contributed by atoms with Crippen molar-refractivity contribution in [2.75, 3.05) is 11.9 Å². The number of pyridine rings is 1. The lowest BCUT2D eigenvalue weighted by atomic mass is 10.1. The van der Waals surface area contributed by atoms with Crippen LogP contribution in [0.25, 0.3) is 11.0 Å². The van der Waals surface area contributed by atoms with E-state index in [-0.39, 0.29) is 10.8 Å². The number of hydrogen-bond donors (Lipinski definition) is 2. The highest BCUT2D eigenvalue weighted by Gasteiger charge is 2.18. The van der Waals surface area contributed by atoms with Crippen molar-refractivity contribution in [2.45, 2.75) is 32.1 Å². The molecule has 8 nitrogen and oxygen atoms in total. The first-order valence-electron chi connectivity index (χ1n) is 8.95. The third kappa shape index (κ3) is 3.90. The van der Waals surface area contributed by atoms with Gasteiger partial charge in [0.25, 0.3) is 5.91 Å². The summed E-state index contributed by atoms with van der Waals surface area (Å²) in [4.78, 5) is 17.2. The number of aromatic nitrogens is 3. The van der Waals surface area contributed by atoms with Crippen LogP contribution in [0.2, 0.25) is 0 Å². The van der Waals surface area contributed by atoms with E-state index in [1.807, 2.05) is 26.8 Å². The van der Waals surface area contributed by atoms with Crippen LogP contribution in [0, 0.1) is 13.8 Å². The van der Waals surface area contributed by atoms with Gasteiger partial charge in [-0.25, -0.2) is 22.8 Å². The van der Waals surface area contributed by atoms with E-state index in [2.05, 4.69) is 20.1 Å². The van der Waals surface area contributed by atoms with Gasteiger partial charge in [0.1, 0.15) is 0 Å². The molecule has 0 bridgehead atoms. The highest BCUT2D eigenvalue weighted by Crippen LogP contribution is 2.25. The van der Waals surface area contributed by atoms with Crippen molar-refractivity contribution in [3.63, 3.8) is 0 Å². The predicted molar refractivity (Wildman–Crippen MR) is 108 cm³/mol. The molecule has 1 aromatic carbocycles. The summed E-state index contributed by atoms with van der Waals surface area (Å²) in [6, 6.07) is 7.73. The lowest BCUT2D eigenvalue weighted by Crippen LogP contribution is -2.24. The highest BCUT2D eigenvalue weighted by atomic mass is 32.2. The van der Waals surface area contributed by atoms with Crippen molar-refractivity contribution < 1.29 is 13.2 Å². The molecule has 0 radical (unpaired) electrons. The van der Waals surface area contributed by atoms with Gasteiger partial charge in [-0.2, -0.15) is 5.10 Å². The van der Waals surface area contributed by atoms with Gasteiger partial charge in [-0.1, -0.05) is 6.92 Å². The van der Waals surface area contributed by atoms with E-state index in [9.17, 15) is 13.2 Å². The number of carbonyl (C=O) groups is 1. The van der Waals surface area contributed by atoms with Crippen LogP contribution in [0.3, 0.4) is 0 Å². The van der Waals surface area contributed by atoms with Gasteiger partial charge in [-0.15, -0.1) is 0 Å². The second-order valence-electron chi connectivity index (χ2n) is 6.63. The van der Waals surface area contributed by atoms with Crippen molar-refractivity contribution in [2.24, 2.45) is 7.05 Å². The third-order valence-corrected chi connectivity index (χ3v) is 5.80. The first-order chi connectivity index (χ1) is 13.2. The molecule has 0 unspecified atom stereocenters. The summed E-state index contributed by atoms with van der Waals surface area (Å²) in [5, 5.41) is 7.94. The molecule has 0 saturated heterocycles. The van der Waals surface area contributed by atoms with Crippen LogP contribution >= 0.6 is 0 Å². The SMILES string of the molecule is CCCNS(=O)(=O)c1ccc(C(=O)Nc2nn(C)c3nc(C)cc(C)c23)cc1. The summed E-state index contributed by atoms with van der Waals surface area (Å²) in [7, 11) is -1.79. The maximum atomic E-state index is 12.6. The van der Waals surface area contributed by atoms with E-state index in [1.165, 1.54) is 24.3 Å². The van der Waals surface area contributed by atoms with Crippen molar-refractivity contribution in [3.05, 3.63) is 47.2 Å². The molecule has 0 saturated carbocycles. The van der Waals surface area contributed by atoms with Gasteiger partial charge in [0, 0.05) is 24.8 Å². The maximum absolute atomic E-state index is 12.6. The average Bonchev–Trinajstić information content (AvgIpc) is 2.95. The molecular formula is C19H23N5O3S. The van der Waals surface area contributed by atoms with Crippen molar-refractivity contribution in [3.8, 4) is 0 Å². The lowest BCUT2D eigenvalue weighted by Gasteiger charge is -2.07. The number of sulfonamides is 1. The van der Waals surface area contributed by atoms with E-state index < -0.39 is 10.0 Å². The Morgan fingerprint density at radius 3 is 2.50 bits per heavy atom. The molecular weight excluding hydrogens is 378 g/mol. The molecule has 0 aliphatic heterocycles. The van der Waals surface area contributed by atoms with Crippen molar-refractivity contribution >= 4 is 32.8 Å². The van der Waals surface area contributed by atoms with E-state index in [0.29, 0.717) is 30.0 Å². The zero-order chi connectivity index (χ0) is 20.5. The topological polar surface area (TPSA) is 106 Å². The molecule has 0 aliphatic carbocycles. The highest BCUT2D eigenvalue weighted by molar-refractivity contribution is 7.89. The Labute approximate surface area is 164 Å². The first kappa shape index (κ1) is 20.0. The number of rotatable bonds is 6. The Hall–Kier alpha value is -2.78. The van der Waals surface area contributed by atoms with Crippen LogP contribution in [-0.4, -0.2) is 35.6 Å². The minimum Gasteiger partial charge on any atom is -0.304 e. The lowest BCUT2D eigenvalue weighted by molar-refractivity contribution is 0.102. The summed E-state index contributed by atoms with van der Waals surface area (Å²) < 4.78 is 28.4. The van der Waals surface area contributed by atoms with Crippen LogP contribution in [-0.2, 0) is 17.1 Å². The normalized spacial score (nSPS) is 11.7. The molecule has 0 spiro atoms. The molecule has 0 atom stereocenters. The molecule has 3 rings (SSSR count). The quantitative estimate of drug-likeness (QED) is 0.660. The zero-order valence-corrected chi connectivity index (χ0v) is 17.1. The van der Waals surface area contributed by atoms with Crippen LogP contribution in [0.4, 0.5) is 5.82 Å². The molecule has 28 heavy (non-hydrogen) atoms. The van der Waals surface area contributed by atoms with Gasteiger partial charge in [0.2, 0.25) is 10.0 Å². The Morgan fingerprint density at radius 1 is 1.18 bits per heavy atom. The van der Waals surface area contributed by atoms with Gasteiger partial charge in [0.05, 0.1) is 10.3 Å². The Morgan fingerprint density at radius 2 is 1.86 bits per heavy atom. The number of aryl methyl sites for hydroxylation is 3. The smallest absolute Gasteiger partial charge is 0.256 e. The summed E-state index contributed by atoms with van der Waals surface area (Å²) in [5.41, 5.74) is 2.87. The van der Waals surface area contributed by atoms with E-state index >= 15 is 0 Å². The largest absolute Gasteiger partial charge is 0.304 e. The molecule has 148 valence electrons. The zero-order valence-electron chi connectivity index (χ0n) is 16.3. The van der Waals surface area contributed by atoms with Gasteiger partial charge in [0.15, 0.2) is 11.5 Å². The number of anilines is 1. The summed E-state index contributed by atoms with van der Waals surface area (Å²) in [5.74, 6) is 0.0549. The number of amides is 1. The van der Waals surface area contributed by atoms with Crippen LogP contribution in [0.1, 0.15) is 35.0 Å². The van der Waals surface area contributed by atoms with Crippen LogP contribution in [0.5, 0.6) is 0 Å². The second kappa shape index (κ2) is 7.69. The fraction of sp³-hybridized carbons (Fsp3) is 0.316. The fourth-order valence-corrected chi connectivity index (χ4v) is 4.10. The minimum absolute atomic E-state index is 0.122. The summed E-state index contributed by atoms with van der Waals surface area (Å²) in [6.07, 6.45) is 0.700. The fourth-order valence-electron chi connectivity index (χ4n) is 2.96. The number of nitrogens with one attached hydrogen (secondary N) is 2. The van der Waals surface area contributed by atoms with Gasteiger partial charge in [-0.05, 0) is 56.2 Å². The van der Waals surface area contributed by atoms with E-state index in [1.54, 1.807) is 11.7 Å². The molecule has 0 fully saturated rings. The Kier molecular flexibility index (Phi) is 5.48. The predicted octanol–water partition coefficient (Wildman–Crippen LogP) is 2.53. The number of hydrogen-bond acceptors (Lipinski definition) is 5. The Balaban J connectivity index is 1.85. The summed E-state index contributed by atoms with van der Waals surface area (Å²) >= 11 is 0. The van der Waals surface area contributed by atoms with Crippen LogP contribution < -0.4 is 10.0 Å². The van der Waals surface area contributed by atoms with E-state index in [4.69, 9.17) is 0 Å². The minimum atomic E-state index is -3.56. The van der Waals surface area contributed by atoms with Gasteiger partial charge < -0.3 is 5.32 Å². The number of nitrogens with zero attached hydrogens (tertiary/aromatic N) is 3. The molecule has 0 aliphatic rings. The molecule has 9 heteroatoms. The van der Waals surface area contributed by atoms with Gasteiger partial charge in [-0.3, -0.25) is 4.79 Å². The standard InChI is InChI=1S/C19H23N5O3S/c1-5-10-20-28(26,27)15-8-6-14(7-9-15)19(25)22-17-16-12(2)11-13(3)21-18(16)24(4)23-17/h6-9,11,20H,5,10H2,1-4H3,(H,22,23,25). The van der Waals surface area contributed by atoms with E-state index in [0.717, 1.165) is 16.6 Å². The molecule has 2 N–H and O–H groups in total. The molecule has 2 aromatic heterocycles. The number of carbonyl (C=O) groups excluding carboxylic acids is 1. The molecule has 3 aromatic rings. The summed E-state index contributed by atoms with van der Waals surface area (Å²) in [6.45, 7) is 6.10. The monoisotopic (exact) mass is 401 g/mol. The van der Waals surface area contributed by atoms with Gasteiger partial charge >= 0.3 is 0 Å². The molecule has 2 heterocycles. The van der Waals surface area contributed by atoms with Crippen molar-refractivity contribution in [1.29, 1.82) is 0 Å². The Bertz CT molecular complexity index is 1130. The first-order valence-corrected chi connectivity index (χ1v) is 10.4. The van der Waals surface area contributed by atoms with Crippen LogP contribution in [0.15, 0.2) is 35.2 Å². The number of fused-ring (bicyclic) bond motifs is 1. The maximum Gasteiger partial charge on any atom is 0.256 e. The second-order valence-corrected chi connectivity index (χ2v) is 8.39. The van der Waals surface area contributed by atoms with Crippen molar-refractivity contribution in [1.82, 2.24) is 19.5 Å². The molecule has 1 amide bonds. The number of benzene rings is 1. The third-order valence-electron chi connectivity index (χ3n) is 4.32. The average molecular weight is 401 g/mol.